The van der Waals surface area contributed by atoms with E-state index in [2.05, 4.69) is 21.4 Å². The van der Waals surface area contributed by atoms with Crippen LogP contribution in [0.2, 0.25) is 0 Å². The molecule has 146 valence electrons. The number of aromatic nitrogens is 2. The second kappa shape index (κ2) is 9.30. The van der Waals surface area contributed by atoms with Gasteiger partial charge in [-0.05, 0) is 43.2 Å². The van der Waals surface area contributed by atoms with Gasteiger partial charge in [0.25, 0.3) is 0 Å². The molecular formula is C23H21N3O2S. The fourth-order valence-electron chi connectivity index (χ4n) is 2.96. The lowest BCUT2D eigenvalue weighted by atomic mass is 10.2. The Bertz CT molecular complexity index is 1060. The number of nitrogens with one attached hydrogen (secondary N) is 1. The Kier molecular flexibility index (Phi) is 6.12. The van der Waals surface area contributed by atoms with Gasteiger partial charge in [0, 0.05) is 36.1 Å². The molecule has 6 heteroatoms. The molecule has 4 aromatic rings. The minimum absolute atomic E-state index is 0.00415. The first-order valence-electron chi connectivity index (χ1n) is 9.52. The topological polar surface area (TPSA) is 64.1 Å². The Balaban J connectivity index is 1.25. The lowest BCUT2D eigenvalue weighted by Crippen LogP contribution is -2.11. The molecule has 1 amide bonds. The molecule has 0 fully saturated rings. The summed E-state index contributed by atoms with van der Waals surface area (Å²) in [5, 5.41) is 4.02. The van der Waals surface area contributed by atoms with Crippen LogP contribution in [0.1, 0.15) is 23.4 Å². The lowest BCUT2D eigenvalue weighted by molar-refractivity contribution is -0.116. The van der Waals surface area contributed by atoms with Crippen molar-refractivity contribution in [1.82, 2.24) is 9.97 Å². The number of nitrogens with zero attached hydrogens (tertiary/aromatic N) is 2. The highest BCUT2D eigenvalue weighted by atomic mass is 32.1. The molecule has 0 aliphatic rings. The van der Waals surface area contributed by atoms with Gasteiger partial charge in [-0.1, -0.05) is 24.3 Å². The van der Waals surface area contributed by atoms with E-state index in [9.17, 15) is 4.79 Å². The molecule has 1 N–H and O–H groups in total. The first-order chi connectivity index (χ1) is 14.3. The van der Waals surface area contributed by atoms with Gasteiger partial charge in [0.15, 0.2) is 0 Å². The number of aryl methyl sites for hydroxylation is 1. The first kappa shape index (κ1) is 19.1. The number of rotatable bonds is 8. The number of fused-ring (bicyclic) bond motifs is 1. The van der Waals surface area contributed by atoms with E-state index < -0.39 is 0 Å². The Labute approximate surface area is 173 Å². The average Bonchev–Trinajstić information content (AvgIpc) is 3.16. The molecule has 0 bridgehead atoms. The van der Waals surface area contributed by atoms with Crippen molar-refractivity contribution in [2.75, 3.05) is 5.32 Å². The quantitative estimate of drug-likeness (QED) is 0.437. The highest BCUT2D eigenvalue weighted by Gasteiger charge is 2.07. The molecule has 0 aliphatic carbocycles. The van der Waals surface area contributed by atoms with Crippen molar-refractivity contribution in [2.45, 2.75) is 25.9 Å². The van der Waals surface area contributed by atoms with E-state index in [1.54, 1.807) is 23.7 Å². The van der Waals surface area contributed by atoms with Crippen LogP contribution in [0.15, 0.2) is 73.1 Å². The second-order valence-corrected chi connectivity index (χ2v) is 7.77. The molecule has 0 saturated carbocycles. The summed E-state index contributed by atoms with van der Waals surface area (Å²) in [6, 6.07) is 19.4. The van der Waals surface area contributed by atoms with Gasteiger partial charge in [0.05, 0.1) is 15.2 Å². The summed E-state index contributed by atoms with van der Waals surface area (Å²) in [6.45, 7) is 0.438. The van der Waals surface area contributed by atoms with Crippen molar-refractivity contribution in [3.8, 4) is 5.75 Å². The molecule has 0 saturated heterocycles. The van der Waals surface area contributed by atoms with Crippen molar-refractivity contribution in [3.63, 3.8) is 0 Å². The van der Waals surface area contributed by atoms with Gasteiger partial charge in [-0.2, -0.15) is 0 Å². The summed E-state index contributed by atoms with van der Waals surface area (Å²) >= 11 is 1.69. The summed E-state index contributed by atoms with van der Waals surface area (Å²) in [7, 11) is 0. The van der Waals surface area contributed by atoms with E-state index in [1.165, 1.54) is 4.70 Å². The van der Waals surface area contributed by atoms with E-state index in [0.29, 0.717) is 18.8 Å². The third-order valence-electron chi connectivity index (χ3n) is 4.38. The normalized spacial score (nSPS) is 10.8. The molecule has 29 heavy (non-hydrogen) atoms. The number of amides is 1. The van der Waals surface area contributed by atoms with E-state index >= 15 is 0 Å². The number of benzene rings is 2. The van der Waals surface area contributed by atoms with Crippen LogP contribution in [0.4, 0.5) is 5.69 Å². The third kappa shape index (κ3) is 5.39. The summed E-state index contributed by atoms with van der Waals surface area (Å²) in [5.41, 5.74) is 2.76. The minimum atomic E-state index is -0.00415. The Morgan fingerprint density at radius 2 is 2.00 bits per heavy atom. The van der Waals surface area contributed by atoms with E-state index in [1.807, 2.05) is 54.6 Å². The van der Waals surface area contributed by atoms with Gasteiger partial charge in [0.2, 0.25) is 5.91 Å². The number of para-hydroxylation sites is 1. The van der Waals surface area contributed by atoms with Crippen LogP contribution in [-0.4, -0.2) is 15.9 Å². The second-order valence-electron chi connectivity index (χ2n) is 6.65. The number of hydrogen-bond acceptors (Lipinski definition) is 5. The molecule has 0 radical (unpaired) electrons. The van der Waals surface area contributed by atoms with Gasteiger partial charge >= 0.3 is 0 Å². The van der Waals surface area contributed by atoms with Crippen molar-refractivity contribution in [2.24, 2.45) is 0 Å². The zero-order valence-corrected chi connectivity index (χ0v) is 16.7. The molecule has 0 aliphatic heterocycles. The maximum atomic E-state index is 12.3. The fraction of sp³-hybridized carbons (Fsp3) is 0.174. The largest absolute Gasteiger partial charge is 0.489 e. The first-order valence-corrected chi connectivity index (χ1v) is 10.3. The van der Waals surface area contributed by atoms with Gasteiger partial charge in [-0.3, -0.25) is 9.78 Å². The summed E-state index contributed by atoms with van der Waals surface area (Å²) in [5.74, 6) is 0.705. The number of hydrogen-bond donors (Lipinski definition) is 1. The predicted molar refractivity (Wildman–Crippen MR) is 116 cm³/mol. The third-order valence-corrected chi connectivity index (χ3v) is 5.47. The highest BCUT2D eigenvalue weighted by molar-refractivity contribution is 7.18. The van der Waals surface area contributed by atoms with E-state index in [0.717, 1.165) is 34.6 Å². The fourth-order valence-corrected chi connectivity index (χ4v) is 3.97. The molecule has 0 atom stereocenters. The van der Waals surface area contributed by atoms with Gasteiger partial charge in [-0.25, -0.2) is 4.98 Å². The molecule has 0 unspecified atom stereocenters. The number of anilines is 1. The highest BCUT2D eigenvalue weighted by Crippen LogP contribution is 2.23. The Hall–Kier alpha value is -3.25. The number of pyridine rings is 1. The van der Waals surface area contributed by atoms with Crippen LogP contribution in [0.25, 0.3) is 10.2 Å². The smallest absolute Gasteiger partial charge is 0.224 e. The molecule has 4 rings (SSSR count). The minimum Gasteiger partial charge on any atom is -0.489 e. The van der Waals surface area contributed by atoms with Crippen molar-refractivity contribution in [3.05, 3.63) is 83.6 Å². The zero-order valence-electron chi connectivity index (χ0n) is 15.9. The molecule has 2 heterocycles. The number of carbonyl (C=O) groups is 1. The van der Waals surface area contributed by atoms with E-state index in [4.69, 9.17) is 4.74 Å². The summed E-state index contributed by atoms with van der Waals surface area (Å²) in [6.07, 6.45) is 5.54. The Morgan fingerprint density at radius 1 is 1.07 bits per heavy atom. The monoisotopic (exact) mass is 403 g/mol. The summed E-state index contributed by atoms with van der Waals surface area (Å²) < 4.78 is 6.97. The van der Waals surface area contributed by atoms with Crippen LogP contribution in [-0.2, 0) is 17.8 Å². The van der Waals surface area contributed by atoms with Crippen LogP contribution in [0.5, 0.6) is 5.75 Å². The molecule has 2 aromatic carbocycles. The van der Waals surface area contributed by atoms with Crippen molar-refractivity contribution in [1.29, 1.82) is 0 Å². The van der Waals surface area contributed by atoms with Crippen LogP contribution >= 0.6 is 11.3 Å². The number of ether oxygens (including phenoxy) is 1. The van der Waals surface area contributed by atoms with Crippen LogP contribution in [0.3, 0.4) is 0 Å². The summed E-state index contributed by atoms with van der Waals surface area (Å²) in [4.78, 5) is 21.0. The average molecular weight is 404 g/mol. The number of thiazole rings is 1. The molecule has 2 aromatic heterocycles. The van der Waals surface area contributed by atoms with Crippen LogP contribution < -0.4 is 10.1 Å². The maximum Gasteiger partial charge on any atom is 0.224 e. The van der Waals surface area contributed by atoms with Crippen molar-refractivity contribution >= 4 is 33.1 Å². The number of carbonyl (C=O) groups excluding carboxylic acids is 1. The molecular weight excluding hydrogens is 382 g/mol. The van der Waals surface area contributed by atoms with Gasteiger partial charge < -0.3 is 10.1 Å². The molecule has 0 spiro atoms. The Morgan fingerprint density at radius 3 is 2.86 bits per heavy atom. The SMILES string of the molecule is O=C(CCCc1nc2ccccc2s1)Nc1cccc(OCc2cccnc2)c1. The van der Waals surface area contributed by atoms with Crippen molar-refractivity contribution < 1.29 is 9.53 Å². The molecule has 5 nitrogen and oxygen atoms in total. The van der Waals surface area contributed by atoms with Gasteiger partial charge in [0.1, 0.15) is 12.4 Å². The van der Waals surface area contributed by atoms with Gasteiger partial charge in [-0.15, -0.1) is 11.3 Å². The van der Waals surface area contributed by atoms with E-state index in [-0.39, 0.29) is 5.91 Å². The lowest BCUT2D eigenvalue weighted by Gasteiger charge is -2.09. The predicted octanol–water partition coefficient (Wildman–Crippen LogP) is 5.23. The zero-order chi connectivity index (χ0) is 19.9. The maximum absolute atomic E-state index is 12.3. The van der Waals surface area contributed by atoms with Crippen LogP contribution in [0, 0.1) is 0 Å². The standard InChI is InChI=1S/C23H21N3O2S/c27-22(11-4-12-23-26-20-9-1-2-10-21(20)29-23)25-18-7-3-8-19(14-18)28-16-17-6-5-13-24-15-17/h1-3,5-10,13-15H,4,11-12,16H2,(H,25,27).